The highest BCUT2D eigenvalue weighted by Gasteiger charge is 2.27. The molecule has 0 bridgehead atoms. The van der Waals surface area contributed by atoms with Crippen molar-refractivity contribution < 1.29 is 13.2 Å². The van der Waals surface area contributed by atoms with E-state index in [0.717, 1.165) is 5.56 Å². The fourth-order valence-corrected chi connectivity index (χ4v) is 2.79. The summed E-state index contributed by atoms with van der Waals surface area (Å²) in [6.45, 7) is 3.14. The first-order chi connectivity index (χ1) is 8.69. The predicted molar refractivity (Wildman–Crippen MR) is 77.2 cm³/mol. The largest absolute Gasteiger partial charge is 0.369 e. The molecule has 0 saturated heterocycles. The molecule has 1 rings (SSSR count). The van der Waals surface area contributed by atoms with Gasteiger partial charge in [0, 0.05) is 11.9 Å². The second-order valence-electron chi connectivity index (χ2n) is 4.85. The van der Waals surface area contributed by atoms with Gasteiger partial charge in [-0.25, -0.2) is 13.1 Å². The van der Waals surface area contributed by atoms with E-state index in [1.54, 1.807) is 26.0 Å². The van der Waals surface area contributed by atoms with Crippen molar-refractivity contribution in [2.45, 2.75) is 24.1 Å². The van der Waals surface area contributed by atoms with Crippen LogP contribution in [0.4, 0.5) is 0 Å². The third kappa shape index (κ3) is 4.29. The lowest BCUT2D eigenvalue weighted by atomic mass is 9.93. The standard InChI is InChI=1S/C12H17BrN2O3S/c1-12(2,11(14)16)8-15-19(17,18)10-5-3-9(7-13)4-6-10/h3-6,15H,7-8H2,1-2H3,(H2,14,16). The molecule has 0 aromatic heterocycles. The summed E-state index contributed by atoms with van der Waals surface area (Å²) in [5, 5.41) is 0.662. The van der Waals surface area contributed by atoms with Crippen molar-refractivity contribution >= 4 is 31.9 Å². The average Bonchev–Trinajstić information content (AvgIpc) is 2.36. The number of nitrogens with one attached hydrogen (secondary N) is 1. The second kappa shape index (κ2) is 6.02. The van der Waals surface area contributed by atoms with Gasteiger partial charge in [-0.3, -0.25) is 4.79 Å². The number of amides is 1. The zero-order valence-corrected chi connectivity index (χ0v) is 13.2. The minimum absolute atomic E-state index is 0.0368. The van der Waals surface area contributed by atoms with E-state index in [9.17, 15) is 13.2 Å². The van der Waals surface area contributed by atoms with E-state index in [4.69, 9.17) is 5.73 Å². The first-order valence-electron chi connectivity index (χ1n) is 5.63. The topological polar surface area (TPSA) is 89.3 Å². The molecule has 0 aliphatic rings. The Morgan fingerprint density at radius 1 is 1.32 bits per heavy atom. The molecule has 5 nitrogen and oxygen atoms in total. The van der Waals surface area contributed by atoms with Crippen LogP contribution in [0.5, 0.6) is 0 Å². The van der Waals surface area contributed by atoms with Crippen LogP contribution in [-0.4, -0.2) is 20.9 Å². The molecule has 1 aromatic carbocycles. The fourth-order valence-electron chi connectivity index (χ4n) is 1.20. The van der Waals surface area contributed by atoms with Crippen LogP contribution in [0, 0.1) is 5.41 Å². The number of alkyl halides is 1. The number of halogens is 1. The molecular weight excluding hydrogens is 332 g/mol. The van der Waals surface area contributed by atoms with Gasteiger partial charge < -0.3 is 5.73 Å². The van der Waals surface area contributed by atoms with Gasteiger partial charge in [0.15, 0.2) is 0 Å². The molecular formula is C12H17BrN2O3S. The molecule has 19 heavy (non-hydrogen) atoms. The monoisotopic (exact) mass is 348 g/mol. The Kier molecular flexibility index (Phi) is 5.11. The van der Waals surface area contributed by atoms with E-state index in [-0.39, 0.29) is 11.4 Å². The normalized spacial score (nSPS) is 12.4. The van der Waals surface area contributed by atoms with Crippen molar-refractivity contribution in [1.82, 2.24) is 4.72 Å². The van der Waals surface area contributed by atoms with E-state index in [1.807, 2.05) is 0 Å². The molecule has 106 valence electrons. The van der Waals surface area contributed by atoms with Crippen molar-refractivity contribution in [3.8, 4) is 0 Å². The highest BCUT2D eigenvalue weighted by Crippen LogP contribution is 2.16. The van der Waals surface area contributed by atoms with E-state index >= 15 is 0 Å². The number of hydrogen-bond acceptors (Lipinski definition) is 3. The molecule has 0 radical (unpaired) electrons. The van der Waals surface area contributed by atoms with Gasteiger partial charge in [0.2, 0.25) is 15.9 Å². The van der Waals surface area contributed by atoms with Crippen LogP contribution in [0.15, 0.2) is 29.2 Å². The minimum Gasteiger partial charge on any atom is -0.369 e. The molecule has 0 aliphatic heterocycles. The minimum atomic E-state index is -3.63. The zero-order chi connectivity index (χ0) is 14.7. The Labute approximate surface area is 121 Å². The van der Waals surface area contributed by atoms with Crippen molar-refractivity contribution in [1.29, 1.82) is 0 Å². The smallest absolute Gasteiger partial charge is 0.240 e. The quantitative estimate of drug-likeness (QED) is 0.760. The number of carbonyl (C=O) groups excluding carboxylic acids is 1. The Hall–Kier alpha value is -0.920. The van der Waals surface area contributed by atoms with Crippen molar-refractivity contribution in [3.05, 3.63) is 29.8 Å². The molecule has 1 amide bonds. The number of sulfonamides is 1. The van der Waals surface area contributed by atoms with Crippen LogP contribution in [0.1, 0.15) is 19.4 Å². The maximum atomic E-state index is 12.0. The number of nitrogens with two attached hydrogens (primary N) is 1. The van der Waals surface area contributed by atoms with Crippen molar-refractivity contribution in [2.75, 3.05) is 6.54 Å². The Morgan fingerprint density at radius 2 is 1.84 bits per heavy atom. The average molecular weight is 349 g/mol. The van der Waals surface area contributed by atoms with E-state index in [1.165, 1.54) is 12.1 Å². The lowest BCUT2D eigenvalue weighted by Gasteiger charge is -2.20. The lowest BCUT2D eigenvalue weighted by molar-refractivity contribution is -0.125. The summed E-state index contributed by atoms with van der Waals surface area (Å²) < 4.78 is 26.4. The van der Waals surface area contributed by atoms with Crippen LogP contribution in [-0.2, 0) is 20.1 Å². The molecule has 1 aromatic rings. The first-order valence-corrected chi connectivity index (χ1v) is 8.24. The molecule has 0 atom stereocenters. The summed E-state index contributed by atoms with van der Waals surface area (Å²) in [5.41, 5.74) is 5.25. The van der Waals surface area contributed by atoms with Crippen LogP contribution in [0.3, 0.4) is 0 Å². The molecule has 0 saturated carbocycles. The second-order valence-corrected chi connectivity index (χ2v) is 7.18. The third-order valence-corrected chi connectivity index (χ3v) is 4.82. The van der Waals surface area contributed by atoms with E-state index in [2.05, 4.69) is 20.7 Å². The summed E-state index contributed by atoms with van der Waals surface area (Å²) in [7, 11) is -3.63. The summed E-state index contributed by atoms with van der Waals surface area (Å²) in [5.74, 6) is -0.551. The van der Waals surface area contributed by atoms with Gasteiger partial charge >= 0.3 is 0 Å². The number of benzene rings is 1. The van der Waals surface area contributed by atoms with Gasteiger partial charge in [-0.15, -0.1) is 0 Å². The highest BCUT2D eigenvalue weighted by molar-refractivity contribution is 9.08. The number of rotatable bonds is 6. The maximum absolute atomic E-state index is 12.0. The Balaban J connectivity index is 2.84. The number of hydrogen-bond donors (Lipinski definition) is 2. The molecule has 0 unspecified atom stereocenters. The zero-order valence-electron chi connectivity index (χ0n) is 10.8. The summed E-state index contributed by atoms with van der Waals surface area (Å²) >= 11 is 3.29. The molecule has 0 heterocycles. The maximum Gasteiger partial charge on any atom is 0.240 e. The van der Waals surface area contributed by atoms with E-state index in [0.29, 0.717) is 5.33 Å². The van der Waals surface area contributed by atoms with Gasteiger partial charge in [0.1, 0.15) is 0 Å². The molecule has 3 N–H and O–H groups in total. The number of carbonyl (C=O) groups is 1. The third-order valence-electron chi connectivity index (χ3n) is 2.76. The molecule has 0 spiro atoms. The van der Waals surface area contributed by atoms with Crippen LogP contribution < -0.4 is 10.5 Å². The summed E-state index contributed by atoms with van der Waals surface area (Å²) in [4.78, 5) is 11.3. The van der Waals surface area contributed by atoms with Crippen molar-refractivity contribution in [3.63, 3.8) is 0 Å². The van der Waals surface area contributed by atoms with Crippen LogP contribution in [0.25, 0.3) is 0 Å². The lowest BCUT2D eigenvalue weighted by Crippen LogP contribution is -2.42. The van der Waals surface area contributed by atoms with Crippen LogP contribution in [0.2, 0.25) is 0 Å². The van der Waals surface area contributed by atoms with Crippen LogP contribution >= 0.6 is 15.9 Å². The van der Waals surface area contributed by atoms with Crippen molar-refractivity contribution in [2.24, 2.45) is 11.1 Å². The first kappa shape index (κ1) is 16.1. The SMILES string of the molecule is CC(C)(CNS(=O)(=O)c1ccc(CBr)cc1)C(N)=O. The molecule has 0 aliphatic carbocycles. The Morgan fingerprint density at radius 3 is 2.26 bits per heavy atom. The Bertz CT molecular complexity index is 553. The molecule has 7 heteroatoms. The molecule has 0 fully saturated rings. The number of primary amides is 1. The summed E-state index contributed by atoms with van der Waals surface area (Å²) in [6.07, 6.45) is 0. The van der Waals surface area contributed by atoms with Gasteiger partial charge in [-0.2, -0.15) is 0 Å². The fraction of sp³-hybridized carbons (Fsp3) is 0.417. The van der Waals surface area contributed by atoms with Gasteiger partial charge in [0.05, 0.1) is 10.3 Å². The van der Waals surface area contributed by atoms with Gasteiger partial charge in [0.25, 0.3) is 0 Å². The van der Waals surface area contributed by atoms with E-state index < -0.39 is 21.3 Å². The summed E-state index contributed by atoms with van der Waals surface area (Å²) in [6, 6.07) is 6.50. The predicted octanol–water partition coefficient (Wildman–Crippen LogP) is 1.37. The highest BCUT2D eigenvalue weighted by atomic mass is 79.9. The van der Waals surface area contributed by atoms with Gasteiger partial charge in [-0.05, 0) is 31.5 Å². The van der Waals surface area contributed by atoms with Gasteiger partial charge in [-0.1, -0.05) is 28.1 Å².